The Morgan fingerprint density at radius 2 is 2.00 bits per heavy atom. The summed E-state index contributed by atoms with van der Waals surface area (Å²) in [6.45, 7) is 2.06. The molecule has 20 heavy (non-hydrogen) atoms. The highest BCUT2D eigenvalue weighted by molar-refractivity contribution is 5.92. The second-order valence-electron chi connectivity index (χ2n) is 5.70. The van der Waals surface area contributed by atoms with Gasteiger partial charge in [0.25, 0.3) is 5.91 Å². The van der Waals surface area contributed by atoms with Crippen LogP contribution < -0.4 is 5.32 Å². The lowest BCUT2D eigenvalue weighted by molar-refractivity contribution is -0.139. The summed E-state index contributed by atoms with van der Waals surface area (Å²) in [6, 6.07) is 8.63. The van der Waals surface area contributed by atoms with E-state index in [0.717, 1.165) is 25.7 Å². The van der Waals surface area contributed by atoms with Gasteiger partial charge < -0.3 is 15.3 Å². The first kappa shape index (κ1) is 13.0. The summed E-state index contributed by atoms with van der Waals surface area (Å²) in [7, 11) is 0. The van der Waals surface area contributed by atoms with Crippen molar-refractivity contribution in [3.05, 3.63) is 47.4 Å². The SMILES string of the molecule is Cc1ccc(CC2NC=C(O)C(=O)N2C2CCC2)cc1. The number of hydrogen-bond acceptors (Lipinski definition) is 3. The molecular formula is C16H20N2O2. The van der Waals surface area contributed by atoms with Gasteiger partial charge in [0.05, 0.1) is 0 Å². The Morgan fingerprint density at radius 1 is 1.30 bits per heavy atom. The molecule has 2 N–H and O–H groups in total. The molecule has 0 radical (unpaired) electrons. The lowest BCUT2D eigenvalue weighted by Crippen LogP contribution is -2.58. The number of carbonyl (C=O) groups is 1. The summed E-state index contributed by atoms with van der Waals surface area (Å²) in [5, 5.41) is 12.8. The van der Waals surface area contributed by atoms with Crippen LogP contribution in [0.5, 0.6) is 0 Å². The van der Waals surface area contributed by atoms with Crippen molar-refractivity contribution in [3.63, 3.8) is 0 Å². The van der Waals surface area contributed by atoms with Crippen LogP contribution in [0.3, 0.4) is 0 Å². The fourth-order valence-corrected chi connectivity index (χ4v) is 2.78. The van der Waals surface area contributed by atoms with Gasteiger partial charge in [0.1, 0.15) is 6.17 Å². The molecule has 0 aromatic heterocycles. The van der Waals surface area contributed by atoms with Gasteiger partial charge in [0.2, 0.25) is 0 Å². The molecule has 1 atom stereocenters. The zero-order valence-electron chi connectivity index (χ0n) is 11.7. The predicted octanol–water partition coefficient (Wildman–Crippen LogP) is 2.25. The van der Waals surface area contributed by atoms with Crippen LogP contribution in [-0.4, -0.2) is 28.1 Å². The largest absolute Gasteiger partial charge is 0.502 e. The van der Waals surface area contributed by atoms with Crippen molar-refractivity contribution in [2.24, 2.45) is 0 Å². The quantitative estimate of drug-likeness (QED) is 0.887. The van der Waals surface area contributed by atoms with E-state index < -0.39 is 0 Å². The van der Waals surface area contributed by atoms with Crippen LogP contribution in [0.15, 0.2) is 36.2 Å². The average Bonchev–Trinajstić information content (AvgIpc) is 2.38. The van der Waals surface area contributed by atoms with E-state index >= 15 is 0 Å². The third-order valence-electron chi connectivity index (χ3n) is 4.22. The van der Waals surface area contributed by atoms with Gasteiger partial charge in [-0.3, -0.25) is 4.79 Å². The Morgan fingerprint density at radius 3 is 2.60 bits per heavy atom. The van der Waals surface area contributed by atoms with Crippen LogP contribution in [0, 0.1) is 6.92 Å². The first-order valence-electron chi connectivity index (χ1n) is 7.18. The Kier molecular flexibility index (Phi) is 3.38. The number of benzene rings is 1. The summed E-state index contributed by atoms with van der Waals surface area (Å²) in [5.41, 5.74) is 2.43. The number of aliphatic hydroxyl groups is 1. The monoisotopic (exact) mass is 272 g/mol. The normalized spacial score (nSPS) is 23.1. The molecule has 0 saturated heterocycles. The van der Waals surface area contributed by atoms with Gasteiger partial charge in [-0.05, 0) is 31.7 Å². The molecule has 4 heteroatoms. The predicted molar refractivity (Wildman–Crippen MR) is 77.0 cm³/mol. The van der Waals surface area contributed by atoms with Gasteiger partial charge in [-0.1, -0.05) is 29.8 Å². The first-order valence-corrected chi connectivity index (χ1v) is 7.18. The van der Waals surface area contributed by atoms with Crippen LogP contribution in [0.2, 0.25) is 0 Å². The topological polar surface area (TPSA) is 52.6 Å². The number of nitrogens with one attached hydrogen (secondary N) is 1. The third-order valence-corrected chi connectivity index (χ3v) is 4.22. The average molecular weight is 272 g/mol. The van der Waals surface area contributed by atoms with E-state index in [1.54, 1.807) is 0 Å². The molecule has 0 bridgehead atoms. The van der Waals surface area contributed by atoms with E-state index in [0.29, 0.717) is 0 Å². The molecule has 1 saturated carbocycles. The summed E-state index contributed by atoms with van der Waals surface area (Å²) in [5.74, 6) is -0.428. The smallest absolute Gasteiger partial charge is 0.292 e. The number of aliphatic hydroxyl groups excluding tert-OH is 1. The molecule has 1 aromatic carbocycles. The van der Waals surface area contributed by atoms with Gasteiger partial charge in [-0.15, -0.1) is 0 Å². The Hall–Kier alpha value is -1.97. The maximum Gasteiger partial charge on any atom is 0.292 e. The number of amides is 1. The molecule has 2 aliphatic rings. The third kappa shape index (κ3) is 2.38. The highest BCUT2D eigenvalue weighted by atomic mass is 16.3. The van der Waals surface area contributed by atoms with Crippen molar-refractivity contribution < 1.29 is 9.90 Å². The maximum atomic E-state index is 12.2. The van der Waals surface area contributed by atoms with E-state index in [4.69, 9.17) is 0 Å². The lowest BCUT2D eigenvalue weighted by Gasteiger charge is -2.44. The molecule has 1 amide bonds. The lowest BCUT2D eigenvalue weighted by atomic mass is 9.90. The minimum absolute atomic E-state index is 0.0635. The zero-order chi connectivity index (χ0) is 14.1. The van der Waals surface area contributed by atoms with Gasteiger partial charge in [0.15, 0.2) is 5.76 Å². The van der Waals surface area contributed by atoms with E-state index in [9.17, 15) is 9.90 Å². The molecule has 3 rings (SSSR count). The summed E-state index contributed by atoms with van der Waals surface area (Å²) >= 11 is 0. The standard InChI is InChI=1S/C16H20N2O2/c1-11-5-7-12(8-6-11)9-15-17-10-14(19)16(20)18(15)13-3-2-4-13/h5-8,10,13,15,17,19H,2-4,9H2,1H3. The molecule has 106 valence electrons. The van der Waals surface area contributed by atoms with Crippen LogP contribution in [0.25, 0.3) is 0 Å². The molecule has 1 fully saturated rings. The van der Waals surface area contributed by atoms with E-state index in [2.05, 4.69) is 36.5 Å². The van der Waals surface area contributed by atoms with Crippen molar-refractivity contribution in [1.29, 1.82) is 0 Å². The summed E-state index contributed by atoms with van der Waals surface area (Å²) in [6.07, 6.45) is 5.35. The Bertz CT molecular complexity index is 532. The molecule has 1 aliphatic heterocycles. The number of nitrogens with zero attached hydrogens (tertiary/aromatic N) is 1. The molecular weight excluding hydrogens is 252 g/mol. The highest BCUT2D eigenvalue weighted by Crippen LogP contribution is 2.29. The molecule has 1 aromatic rings. The summed E-state index contributed by atoms with van der Waals surface area (Å²) in [4.78, 5) is 14.0. The maximum absolute atomic E-state index is 12.2. The fraction of sp³-hybridized carbons (Fsp3) is 0.438. The minimum atomic E-state index is -0.245. The van der Waals surface area contributed by atoms with E-state index in [-0.39, 0.29) is 23.9 Å². The summed E-state index contributed by atoms with van der Waals surface area (Å²) < 4.78 is 0. The zero-order valence-corrected chi connectivity index (χ0v) is 11.7. The van der Waals surface area contributed by atoms with Gasteiger partial charge in [-0.2, -0.15) is 0 Å². The van der Waals surface area contributed by atoms with Crippen LogP contribution in [0.4, 0.5) is 0 Å². The molecule has 1 aliphatic carbocycles. The number of rotatable bonds is 3. The van der Waals surface area contributed by atoms with Crippen molar-refractivity contribution in [2.75, 3.05) is 0 Å². The first-order chi connectivity index (χ1) is 9.65. The van der Waals surface area contributed by atoms with Crippen molar-refractivity contribution >= 4 is 5.91 Å². The van der Waals surface area contributed by atoms with E-state index in [1.165, 1.54) is 17.3 Å². The van der Waals surface area contributed by atoms with Crippen LogP contribution in [0.1, 0.15) is 30.4 Å². The number of hydrogen-bond donors (Lipinski definition) is 2. The van der Waals surface area contributed by atoms with Crippen molar-refractivity contribution in [1.82, 2.24) is 10.2 Å². The molecule has 1 heterocycles. The Balaban J connectivity index is 1.79. The van der Waals surface area contributed by atoms with Gasteiger partial charge in [-0.25, -0.2) is 0 Å². The second kappa shape index (κ2) is 5.19. The van der Waals surface area contributed by atoms with Gasteiger partial charge in [0, 0.05) is 18.7 Å². The van der Waals surface area contributed by atoms with Crippen LogP contribution in [-0.2, 0) is 11.2 Å². The molecule has 0 spiro atoms. The number of carbonyl (C=O) groups excluding carboxylic acids is 1. The minimum Gasteiger partial charge on any atom is -0.502 e. The van der Waals surface area contributed by atoms with Crippen LogP contribution >= 0.6 is 0 Å². The van der Waals surface area contributed by atoms with Crippen molar-refractivity contribution in [2.45, 2.75) is 44.8 Å². The van der Waals surface area contributed by atoms with E-state index in [1.807, 2.05) is 4.90 Å². The second-order valence-corrected chi connectivity index (χ2v) is 5.70. The van der Waals surface area contributed by atoms with Gasteiger partial charge >= 0.3 is 0 Å². The molecule has 4 nitrogen and oxygen atoms in total. The molecule has 1 unspecified atom stereocenters. The number of aryl methyl sites for hydroxylation is 1. The Labute approximate surface area is 119 Å². The highest BCUT2D eigenvalue weighted by Gasteiger charge is 2.37. The fourth-order valence-electron chi connectivity index (χ4n) is 2.78. The van der Waals surface area contributed by atoms with Crippen molar-refractivity contribution in [3.8, 4) is 0 Å².